The van der Waals surface area contributed by atoms with Crippen molar-refractivity contribution in [3.63, 3.8) is 0 Å². The summed E-state index contributed by atoms with van der Waals surface area (Å²) in [4.78, 5) is 18.6. The maximum Gasteiger partial charge on any atom is 0.250 e. The molecule has 0 saturated carbocycles. The van der Waals surface area contributed by atoms with E-state index in [1.54, 1.807) is 20.4 Å². The molecule has 2 aliphatic heterocycles. The van der Waals surface area contributed by atoms with E-state index in [9.17, 15) is 0 Å². The average Bonchev–Trinajstić information content (AvgIpc) is 2.85. The molecule has 0 radical (unpaired) electrons. The van der Waals surface area contributed by atoms with Crippen molar-refractivity contribution in [2.75, 3.05) is 55.6 Å². The first-order valence-electron chi connectivity index (χ1n) is 11.0. The average molecular weight is 426 g/mol. The number of benzene rings is 1. The summed E-state index contributed by atoms with van der Waals surface area (Å²) >= 11 is 0. The lowest BCUT2D eigenvalue weighted by molar-refractivity contribution is 0.402. The van der Waals surface area contributed by atoms with E-state index < -0.39 is 0 Å². The first kappa shape index (κ1) is 21.1. The van der Waals surface area contributed by atoms with Crippen LogP contribution in [-0.4, -0.2) is 61.6 Å². The number of anilines is 3. The van der Waals surface area contributed by atoms with E-state index in [1.807, 2.05) is 18.2 Å². The zero-order chi connectivity index (χ0) is 21.5. The summed E-state index contributed by atoms with van der Waals surface area (Å²) in [6.45, 7) is 3.92. The number of methoxy groups -OCH3 is 2. The van der Waals surface area contributed by atoms with Crippen LogP contribution in [0.2, 0.25) is 0 Å². The van der Waals surface area contributed by atoms with Gasteiger partial charge in [-0.2, -0.15) is 20.1 Å². The van der Waals surface area contributed by atoms with E-state index in [0.717, 1.165) is 49.4 Å². The van der Waals surface area contributed by atoms with E-state index in [4.69, 9.17) is 14.5 Å². The molecule has 2 aromatic rings. The second kappa shape index (κ2) is 10.3. The summed E-state index contributed by atoms with van der Waals surface area (Å²) in [7, 11) is 3.27. The Morgan fingerprint density at radius 2 is 1.45 bits per heavy atom. The quantitative estimate of drug-likeness (QED) is 0.534. The molecule has 9 heteroatoms. The van der Waals surface area contributed by atoms with Crippen molar-refractivity contribution >= 4 is 24.1 Å². The SMILES string of the molecule is COc1ccc(OC)c(/C=N\Nc2nc(N3CCCCC3)nc(N3CCCCC3)n2)c1. The molecule has 1 aromatic carbocycles. The third kappa shape index (κ3) is 5.34. The van der Waals surface area contributed by atoms with Crippen molar-refractivity contribution in [1.82, 2.24) is 15.0 Å². The molecule has 4 rings (SSSR count). The summed E-state index contributed by atoms with van der Waals surface area (Å²) in [5.74, 6) is 3.36. The van der Waals surface area contributed by atoms with Gasteiger partial charge < -0.3 is 19.3 Å². The number of nitrogens with one attached hydrogen (secondary N) is 1. The molecule has 0 bridgehead atoms. The first-order chi connectivity index (χ1) is 15.3. The van der Waals surface area contributed by atoms with Gasteiger partial charge in [-0.15, -0.1) is 0 Å². The molecule has 0 aliphatic carbocycles. The first-order valence-corrected chi connectivity index (χ1v) is 11.0. The number of hydrogen-bond donors (Lipinski definition) is 1. The molecule has 1 N–H and O–H groups in total. The number of hydrazone groups is 1. The molecule has 9 nitrogen and oxygen atoms in total. The Labute approximate surface area is 183 Å². The standard InChI is InChI=1S/C22H31N7O2/c1-30-18-9-10-19(31-2)17(15-18)16-23-27-20-24-21(28-11-5-3-6-12-28)26-22(25-20)29-13-7-4-8-14-29/h9-10,15-16H,3-8,11-14H2,1-2H3,(H,24,25,26,27)/b23-16-. The molecule has 3 heterocycles. The van der Waals surface area contributed by atoms with Gasteiger partial charge in [-0.05, 0) is 56.7 Å². The molecule has 0 amide bonds. The number of ether oxygens (including phenoxy) is 2. The smallest absolute Gasteiger partial charge is 0.250 e. The number of nitrogens with zero attached hydrogens (tertiary/aromatic N) is 6. The number of aromatic nitrogens is 3. The highest BCUT2D eigenvalue weighted by Crippen LogP contribution is 2.24. The van der Waals surface area contributed by atoms with Crippen LogP contribution in [0.4, 0.5) is 17.8 Å². The van der Waals surface area contributed by atoms with Crippen LogP contribution in [0.3, 0.4) is 0 Å². The third-order valence-electron chi connectivity index (χ3n) is 5.69. The normalized spacial score (nSPS) is 17.1. The van der Waals surface area contributed by atoms with Gasteiger partial charge in [-0.1, -0.05) is 0 Å². The van der Waals surface area contributed by atoms with E-state index in [2.05, 4.69) is 30.3 Å². The highest BCUT2D eigenvalue weighted by Gasteiger charge is 2.20. The summed E-state index contributed by atoms with van der Waals surface area (Å²) in [6.07, 6.45) is 8.88. The van der Waals surface area contributed by atoms with Crippen molar-refractivity contribution in [1.29, 1.82) is 0 Å². The fourth-order valence-electron chi connectivity index (χ4n) is 3.97. The molecular weight excluding hydrogens is 394 g/mol. The van der Waals surface area contributed by atoms with Crippen LogP contribution in [0.5, 0.6) is 11.5 Å². The summed E-state index contributed by atoms with van der Waals surface area (Å²) in [5.41, 5.74) is 3.80. The van der Waals surface area contributed by atoms with Crippen LogP contribution in [0, 0.1) is 0 Å². The Morgan fingerprint density at radius 1 is 0.839 bits per heavy atom. The monoisotopic (exact) mass is 425 g/mol. The molecule has 0 spiro atoms. The van der Waals surface area contributed by atoms with Gasteiger partial charge >= 0.3 is 0 Å². The van der Waals surface area contributed by atoms with Gasteiger partial charge in [0.2, 0.25) is 17.8 Å². The zero-order valence-electron chi connectivity index (χ0n) is 18.4. The Morgan fingerprint density at radius 3 is 2.00 bits per heavy atom. The molecule has 2 fully saturated rings. The predicted octanol–water partition coefficient (Wildman–Crippen LogP) is 3.32. The van der Waals surface area contributed by atoms with Crippen LogP contribution in [-0.2, 0) is 0 Å². The Hall–Kier alpha value is -3.10. The van der Waals surface area contributed by atoms with Crippen molar-refractivity contribution in [2.45, 2.75) is 38.5 Å². The molecule has 2 saturated heterocycles. The van der Waals surface area contributed by atoms with Gasteiger partial charge in [0.25, 0.3) is 0 Å². The van der Waals surface area contributed by atoms with Crippen LogP contribution >= 0.6 is 0 Å². The van der Waals surface area contributed by atoms with Gasteiger partial charge in [-0.25, -0.2) is 5.43 Å². The lowest BCUT2D eigenvalue weighted by Gasteiger charge is -2.30. The minimum absolute atomic E-state index is 0.453. The van der Waals surface area contributed by atoms with Crippen LogP contribution in [0.15, 0.2) is 23.3 Å². The maximum atomic E-state index is 5.42. The lowest BCUT2D eigenvalue weighted by atomic mass is 10.1. The highest BCUT2D eigenvalue weighted by molar-refractivity contribution is 5.84. The zero-order valence-corrected chi connectivity index (χ0v) is 18.4. The molecule has 166 valence electrons. The van der Waals surface area contributed by atoms with Gasteiger partial charge in [-0.3, -0.25) is 0 Å². The van der Waals surface area contributed by atoms with Crippen LogP contribution in [0.1, 0.15) is 44.1 Å². The minimum atomic E-state index is 0.453. The number of rotatable bonds is 7. The minimum Gasteiger partial charge on any atom is -0.497 e. The second-order valence-electron chi connectivity index (χ2n) is 7.83. The van der Waals surface area contributed by atoms with Crippen molar-refractivity contribution in [3.8, 4) is 11.5 Å². The molecular formula is C22H31N7O2. The number of piperidine rings is 2. The van der Waals surface area contributed by atoms with Gasteiger partial charge in [0.05, 0.1) is 20.4 Å². The molecule has 2 aliphatic rings. The molecule has 0 atom stereocenters. The van der Waals surface area contributed by atoms with E-state index >= 15 is 0 Å². The second-order valence-corrected chi connectivity index (χ2v) is 7.83. The predicted molar refractivity (Wildman–Crippen MR) is 123 cm³/mol. The van der Waals surface area contributed by atoms with Crippen LogP contribution < -0.4 is 24.7 Å². The van der Waals surface area contributed by atoms with Crippen molar-refractivity contribution in [3.05, 3.63) is 23.8 Å². The van der Waals surface area contributed by atoms with E-state index in [1.165, 1.54) is 38.5 Å². The van der Waals surface area contributed by atoms with Gasteiger partial charge in [0.15, 0.2) is 0 Å². The third-order valence-corrected chi connectivity index (χ3v) is 5.69. The van der Waals surface area contributed by atoms with E-state index in [0.29, 0.717) is 11.7 Å². The van der Waals surface area contributed by atoms with E-state index in [-0.39, 0.29) is 0 Å². The lowest BCUT2D eigenvalue weighted by Crippen LogP contribution is -2.34. The Bertz CT molecular complexity index is 857. The fourth-order valence-corrected chi connectivity index (χ4v) is 3.97. The summed E-state index contributed by atoms with van der Waals surface area (Å²) in [5, 5.41) is 4.37. The van der Waals surface area contributed by atoms with Gasteiger partial charge in [0, 0.05) is 31.7 Å². The van der Waals surface area contributed by atoms with Crippen molar-refractivity contribution in [2.24, 2.45) is 5.10 Å². The molecule has 31 heavy (non-hydrogen) atoms. The van der Waals surface area contributed by atoms with Gasteiger partial charge in [0.1, 0.15) is 11.5 Å². The topological polar surface area (TPSA) is 88.0 Å². The fraction of sp³-hybridized carbons (Fsp3) is 0.545. The largest absolute Gasteiger partial charge is 0.497 e. The molecule has 0 unspecified atom stereocenters. The summed E-state index contributed by atoms with van der Waals surface area (Å²) < 4.78 is 10.7. The summed E-state index contributed by atoms with van der Waals surface area (Å²) in [6, 6.07) is 5.58. The molecule has 1 aromatic heterocycles. The Balaban J connectivity index is 1.57. The number of hydrogen-bond acceptors (Lipinski definition) is 9. The highest BCUT2D eigenvalue weighted by atomic mass is 16.5. The Kier molecular flexibility index (Phi) is 7.01. The van der Waals surface area contributed by atoms with Crippen LogP contribution in [0.25, 0.3) is 0 Å². The van der Waals surface area contributed by atoms with Crippen molar-refractivity contribution < 1.29 is 9.47 Å². The maximum absolute atomic E-state index is 5.42.